The molecule has 0 bridgehead atoms. The molecule has 3 aromatic rings. The zero-order valence-corrected chi connectivity index (χ0v) is 21.4. The summed E-state index contributed by atoms with van der Waals surface area (Å²) < 4.78 is 27.7. The highest BCUT2D eigenvalue weighted by Crippen LogP contribution is 2.43. The highest BCUT2D eigenvalue weighted by Gasteiger charge is 2.34. The van der Waals surface area contributed by atoms with Gasteiger partial charge >= 0.3 is 6.09 Å². The molecule has 0 N–H and O–H groups in total. The summed E-state index contributed by atoms with van der Waals surface area (Å²) >= 11 is 0. The maximum absolute atomic E-state index is 13.3. The van der Waals surface area contributed by atoms with Gasteiger partial charge in [0.1, 0.15) is 11.4 Å². The van der Waals surface area contributed by atoms with Crippen molar-refractivity contribution in [3.8, 4) is 17.2 Å². The summed E-state index contributed by atoms with van der Waals surface area (Å²) in [6.07, 6.45) is 3.76. The average Bonchev–Trinajstić information content (AvgIpc) is 2.84. The van der Waals surface area contributed by atoms with E-state index < -0.39 is 5.60 Å². The van der Waals surface area contributed by atoms with Gasteiger partial charge < -0.3 is 23.7 Å². The Bertz CT molecular complexity index is 1290. The van der Waals surface area contributed by atoms with Crippen LogP contribution in [-0.4, -0.2) is 51.1 Å². The van der Waals surface area contributed by atoms with Crippen LogP contribution < -0.4 is 14.2 Å². The average molecular weight is 480 g/mol. The van der Waals surface area contributed by atoms with Crippen LogP contribution in [0.1, 0.15) is 31.9 Å². The third-order valence-corrected chi connectivity index (χ3v) is 6.26. The lowest BCUT2D eigenvalue weighted by Crippen LogP contribution is -2.45. The van der Waals surface area contributed by atoms with Crippen molar-refractivity contribution < 1.29 is 28.5 Å². The first kappa shape index (κ1) is 24.5. The third kappa shape index (κ3) is 4.67. The molecule has 1 unspecified atom stereocenters. The highest BCUT2D eigenvalue weighted by atomic mass is 16.6. The van der Waals surface area contributed by atoms with Gasteiger partial charge in [-0.05, 0) is 90.2 Å². The first-order valence-electron chi connectivity index (χ1n) is 11.6. The number of hydrogen-bond acceptors (Lipinski definition) is 6. The molecule has 0 saturated carbocycles. The zero-order chi connectivity index (χ0) is 25.3. The van der Waals surface area contributed by atoms with Gasteiger partial charge in [0.25, 0.3) is 0 Å². The van der Waals surface area contributed by atoms with Crippen LogP contribution in [0.5, 0.6) is 17.2 Å². The molecule has 0 fully saturated rings. The zero-order valence-electron chi connectivity index (χ0n) is 21.4. The number of rotatable bonds is 5. The van der Waals surface area contributed by atoms with Gasteiger partial charge in [0.05, 0.1) is 47.3 Å². The summed E-state index contributed by atoms with van der Waals surface area (Å²) in [4.78, 5) is 15.0. The lowest BCUT2D eigenvalue weighted by molar-refractivity contribution is 0.0164. The van der Waals surface area contributed by atoms with Crippen molar-refractivity contribution in [3.63, 3.8) is 0 Å². The van der Waals surface area contributed by atoms with Crippen molar-refractivity contribution in [2.45, 2.75) is 45.4 Å². The maximum atomic E-state index is 13.3. The van der Waals surface area contributed by atoms with Crippen LogP contribution in [-0.2, 0) is 22.4 Å². The third-order valence-electron chi connectivity index (χ3n) is 6.26. The smallest absolute Gasteiger partial charge is 0.411 e. The molecule has 3 aromatic carbocycles. The van der Waals surface area contributed by atoms with Gasteiger partial charge in [-0.2, -0.15) is 0 Å². The number of benzene rings is 3. The van der Waals surface area contributed by atoms with Crippen LogP contribution in [0.3, 0.4) is 0 Å². The predicted molar refractivity (Wildman–Crippen MR) is 137 cm³/mol. The molecule has 0 saturated heterocycles. The first-order valence-corrected chi connectivity index (χ1v) is 11.6. The number of fused-ring (bicyclic) bond motifs is 6. The van der Waals surface area contributed by atoms with Gasteiger partial charge in [-0.3, -0.25) is 4.90 Å². The van der Waals surface area contributed by atoms with E-state index in [1.165, 1.54) is 0 Å². The monoisotopic (exact) mass is 479 g/mol. The first-order chi connectivity index (χ1) is 16.7. The van der Waals surface area contributed by atoms with E-state index in [1.54, 1.807) is 39.6 Å². The Hall–Kier alpha value is -3.61. The molecule has 4 rings (SSSR count). The van der Waals surface area contributed by atoms with Crippen molar-refractivity contribution in [3.05, 3.63) is 53.8 Å². The summed E-state index contributed by atoms with van der Waals surface area (Å²) in [5, 5.41) is 4.17. The lowest BCUT2D eigenvalue weighted by Gasteiger charge is -2.37. The fourth-order valence-corrected chi connectivity index (χ4v) is 4.70. The molecule has 35 heavy (non-hydrogen) atoms. The van der Waals surface area contributed by atoms with Crippen LogP contribution >= 0.6 is 0 Å². The molecule has 0 aromatic heterocycles. The van der Waals surface area contributed by atoms with Gasteiger partial charge in [-0.15, -0.1) is 0 Å². The van der Waals surface area contributed by atoms with Gasteiger partial charge in [-0.25, -0.2) is 4.79 Å². The van der Waals surface area contributed by atoms with Crippen LogP contribution in [0, 0.1) is 0 Å². The SMILES string of the molecule is COC=CC1Cc2c(c3ccc(OC)cc3c3cc(OC)c(OC)cc23)CN1C(=O)OC(C)(C)C. The van der Waals surface area contributed by atoms with Gasteiger partial charge in [0.2, 0.25) is 0 Å². The van der Waals surface area contributed by atoms with E-state index in [2.05, 4.69) is 6.07 Å². The maximum Gasteiger partial charge on any atom is 0.411 e. The fourth-order valence-electron chi connectivity index (χ4n) is 4.70. The van der Waals surface area contributed by atoms with Crippen LogP contribution in [0.15, 0.2) is 42.7 Å². The molecule has 0 radical (unpaired) electrons. The molecule has 1 atom stereocenters. The van der Waals surface area contributed by atoms with Crippen molar-refractivity contribution in [2.24, 2.45) is 0 Å². The van der Waals surface area contributed by atoms with Gasteiger partial charge in [0, 0.05) is 0 Å². The normalized spacial score (nSPS) is 15.9. The van der Waals surface area contributed by atoms with Crippen LogP contribution in [0.25, 0.3) is 21.5 Å². The van der Waals surface area contributed by atoms with Crippen LogP contribution in [0.4, 0.5) is 4.79 Å². The quantitative estimate of drug-likeness (QED) is 0.338. The summed E-state index contributed by atoms with van der Waals surface area (Å²) in [5.41, 5.74) is 1.63. The van der Waals surface area contributed by atoms with E-state index in [-0.39, 0.29) is 12.1 Å². The van der Waals surface area contributed by atoms with Crippen molar-refractivity contribution in [1.82, 2.24) is 4.90 Å². The molecule has 1 aliphatic rings. The second-order valence-corrected chi connectivity index (χ2v) is 9.57. The van der Waals surface area contributed by atoms with E-state index in [9.17, 15) is 4.79 Å². The number of hydrogen-bond donors (Lipinski definition) is 0. The molecular weight excluding hydrogens is 446 g/mol. The van der Waals surface area contributed by atoms with Gasteiger partial charge in [0.15, 0.2) is 11.5 Å². The van der Waals surface area contributed by atoms with E-state index in [0.717, 1.165) is 38.4 Å². The number of ether oxygens (including phenoxy) is 5. The second kappa shape index (κ2) is 9.56. The Balaban J connectivity index is 2.00. The Kier molecular flexibility index (Phi) is 6.70. The van der Waals surface area contributed by atoms with E-state index in [1.807, 2.05) is 51.1 Å². The number of methoxy groups -OCH3 is 4. The fraction of sp³-hybridized carbons (Fsp3) is 0.393. The minimum absolute atomic E-state index is 0.232. The molecule has 0 aliphatic carbocycles. The highest BCUT2D eigenvalue weighted by molar-refractivity contribution is 6.12. The summed E-state index contributed by atoms with van der Waals surface area (Å²) in [6.45, 7) is 6.02. The summed E-state index contributed by atoms with van der Waals surface area (Å²) in [5.74, 6) is 2.07. The van der Waals surface area contributed by atoms with Crippen molar-refractivity contribution >= 4 is 27.6 Å². The van der Waals surface area contributed by atoms with Gasteiger partial charge in [-0.1, -0.05) is 6.07 Å². The standard InChI is InChI=1S/C28H33NO6/c1-28(2,3)35-27(30)29-16-24-19-9-8-18(32-5)13-21(19)23-15-26(34-7)25(33-6)14-22(23)20(24)12-17(29)10-11-31-4/h8-11,13-15,17H,12,16H2,1-7H3. The molecule has 7 nitrogen and oxygen atoms in total. The van der Waals surface area contributed by atoms with Crippen molar-refractivity contribution in [2.75, 3.05) is 28.4 Å². The minimum Gasteiger partial charge on any atom is -0.505 e. The summed E-state index contributed by atoms with van der Waals surface area (Å²) in [6, 6.07) is 9.83. The van der Waals surface area contributed by atoms with E-state index in [0.29, 0.717) is 24.5 Å². The van der Waals surface area contributed by atoms with Crippen molar-refractivity contribution in [1.29, 1.82) is 0 Å². The lowest BCUT2D eigenvalue weighted by atomic mass is 9.85. The minimum atomic E-state index is -0.602. The Morgan fingerprint density at radius 3 is 2.14 bits per heavy atom. The Labute approximate surface area is 206 Å². The Morgan fingerprint density at radius 1 is 0.886 bits per heavy atom. The van der Waals surface area contributed by atoms with E-state index >= 15 is 0 Å². The molecule has 7 heteroatoms. The largest absolute Gasteiger partial charge is 0.505 e. The molecule has 186 valence electrons. The number of amides is 1. The molecule has 1 amide bonds. The number of carbonyl (C=O) groups excluding carboxylic acids is 1. The predicted octanol–water partition coefficient (Wildman–Crippen LogP) is 5.84. The molecule has 0 spiro atoms. The molecule has 1 aliphatic heterocycles. The topological polar surface area (TPSA) is 66.5 Å². The molecular formula is C28H33NO6. The number of nitrogens with zero attached hydrogens (tertiary/aromatic N) is 1. The van der Waals surface area contributed by atoms with Crippen LogP contribution in [0.2, 0.25) is 0 Å². The molecule has 1 heterocycles. The second-order valence-electron chi connectivity index (χ2n) is 9.57. The van der Waals surface area contributed by atoms with E-state index in [4.69, 9.17) is 23.7 Å². The number of carbonyl (C=O) groups is 1. The Morgan fingerprint density at radius 2 is 1.54 bits per heavy atom. The summed E-state index contributed by atoms with van der Waals surface area (Å²) in [7, 11) is 6.52.